The van der Waals surface area contributed by atoms with Crippen LogP contribution < -0.4 is 5.32 Å². The van der Waals surface area contributed by atoms with E-state index in [4.69, 9.17) is 4.52 Å². The SMILES string of the molecule is Cc1ccc(C)c(C(C)NC(=O)C2CCN(Cc3nc(-c4ccccc4C)no3)CC2)c1. The fourth-order valence-electron chi connectivity index (χ4n) is 4.43. The van der Waals surface area contributed by atoms with E-state index in [1.54, 1.807) is 0 Å². The molecule has 1 N–H and O–H groups in total. The highest BCUT2D eigenvalue weighted by atomic mass is 16.5. The van der Waals surface area contributed by atoms with Crippen LogP contribution in [0.3, 0.4) is 0 Å². The normalized spacial score (nSPS) is 16.1. The lowest BCUT2D eigenvalue weighted by Crippen LogP contribution is -2.41. The molecule has 4 rings (SSSR count). The molecule has 0 bridgehead atoms. The Morgan fingerprint density at radius 2 is 1.88 bits per heavy atom. The van der Waals surface area contributed by atoms with Crippen LogP contribution >= 0.6 is 0 Å². The van der Waals surface area contributed by atoms with Gasteiger partial charge in [-0.25, -0.2) is 0 Å². The predicted molar refractivity (Wildman–Crippen MR) is 125 cm³/mol. The van der Waals surface area contributed by atoms with Crippen molar-refractivity contribution in [2.45, 2.75) is 53.1 Å². The van der Waals surface area contributed by atoms with Crippen LogP contribution in [0, 0.1) is 26.7 Å². The summed E-state index contributed by atoms with van der Waals surface area (Å²) in [5, 5.41) is 7.38. The molecule has 1 fully saturated rings. The van der Waals surface area contributed by atoms with Gasteiger partial charge in [0.25, 0.3) is 0 Å². The van der Waals surface area contributed by atoms with Crippen molar-refractivity contribution in [3.63, 3.8) is 0 Å². The Hall–Kier alpha value is -2.99. The van der Waals surface area contributed by atoms with Crippen molar-refractivity contribution in [3.05, 3.63) is 70.6 Å². The van der Waals surface area contributed by atoms with Crippen molar-refractivity contribution in [2.24, 2.45) is 5.92 Å². The zero-order valence-corrected chi connectivity index (χ0v) is 19.4. The van der Waals surface area contributed by atoms with Gasteiger partial charge in [0.1, 0.15) is 0 Å². The Morgan fingerprint density at radius 1 is 1.12 bits per heavy atom. The third-order valence-electron chi connectivity index (χ3n) is 6.43. The molecule has 0 aliphatic carbocycles. The van der Waals surface area contributed by atoms with Crippen molar-refractivity contribution in [1.29, 1.82) is 0 Å². The van der Waals surface area contributed by atoms with E-state index in [1.165, 1.54) is 16.7 Å². The summed E-state index contributed by atoms with van der Waals surface area (Å²) < 4.78 is 5.49. The van der Waals surface area contributed by atoms with Crippen LogP contribution in [0.4, 0.5) is 0 Å². The summed E-state index contributed by atoms with van der Waals surface area (Å²) in [5.41, 5.74) is 5.74. The van der Waals surface area contributed by atoms with E-state index >= 15 is 0 Å². The first-order valence-corrected chi connectivity index (χ1v) is 11.4. The minimum absolute atomic E-state index is 0.0127. The molecule has 6 nitrogen and oxygen atoms in total. The van der Waals surface area contributed by atoms with Crippen LogP contribution in [0.5, 0.6) is 0 Å². The first-order valence-electron chi connectivity index (χ1n) is 11.4. The maximum atomic E-state index is 12.9. The minimum Gasteiger partial charge on any atom is -0.349 e. The molecule has 1 aliphatic rings. The summed E-state index contributed by atoms with van der Waals surface area (Å²) >= 11 is 0. The Kier molecular flexibility index (Phi) is 6.70. The zero-order chi connectivity index (χ0) is 22.7. The molecule has 1 atom stereocenters. The van der Waals surface area contributed by atoms with Gasteiger partial charge in [0, 0.05) is 11.5 Å². The summed E-state index contributed by atoms with van der Waals surface area (Å²) in [4.78, 5) is 19.7. The van der Waals surface area contributed by atoms with Crippen molar-refractivity contribution >= 4 is 5.91 Å². The quantitative estimate of drug-likeness (QED) is 0.609. The van der Waals surface area contributed by atoms with Crippen molar-refractivity contribution < 1.29 is 9.32 Å². The van der Waals surface area contributed by atoms with Crippen molar-refractivity contribution in [3.8, 4) is 11.4 Å². The topological polar surface area (TPSA) is 71.3 Å². The molecule has 2 heterocycles. The van der Waals surface area contributed by atoms with Crippen molar-refractivity contribution in [2.75, 3.05) is 13.1 Å². The van der Waals surface area contributed by atoms with Gasteiger partial charge in [-0.15, -0.1) is 0 Å². The number of piperidine rings is 1. The Labute approximate surface area is 190 Å². The van der Waals surface area contributed by atoms with Gasteiger partial charge < -0.3 is 9.84 Å². The summed E-state index contributed by atoms with van der Waals surface area (Å²) in [6, 6.07) is 14.4. The molecular formula is C26H32N4O2. The lowest BCUT2D eigenvalue weighted by molar-refractivity contribution is -0.127. The Morgan fingerprint density at radius 3 is 2.62 bits per heavy atom. The number of nitrogens with one attached hydrogen (secondary N) is 1. The molecule has 1 amide bonds. The largest absolute Gasteiger partial charge is 0.349 e. The number of nitrogens with zero attached hydrogens (tertiary/aromatic N) is 3. The lowest BCUT2D eigenvalue weighted by Gasteiger charge is -2.31. The van der Waals surface area contributed by atoms with Crippen LogP contribution in [-0.4, -0.2) is 34.0 Å². The average molecular weight is 433 g/mol. The van der Waals surface area contributed by atoms with Gasteiger partial charge in [-0.2, -0.15) is 4.98 Å². The number of hydrogen-bond donors (Lipinski definition) is 1. The molecule has 168 valence electrons. The number of hydrogen-bond acceptors (Lipinski definition) is 5. The second kappa shape index (κ2) is 9.65. The number of likely N-dealkylation sites (tertiary alicyclic amines) is 1. The second-order valence-corrected chi connectivity index (χ2v) is 8.97. The number of benzene rings is 2. The minimum atomic E-state index is 0.0127. The van der Waals surface area contributed by atoms with Gasteiger partial charge in [0.2, 0.25) is 17.6 Å². The van der Waals surface area contributed by atoms with E-state index in [0.717, 1.165) is 37.1 Å². The van der Waals surface area contributed by atoms with E-state index in [2.05, 4.69) is 59.3 Å². The van der Waals surface area contributed by atoms with Crippen LogP contribution in [-0.2, 0) is 11.3 Å². The first-order chi connectivity index (χ1) is 15.4. The molecule has 1 unspecified atom stereocenters. The molecule has 1 aliphatic heterocycles. The van der Waals surface area contributed by atoms with Crippen LogP contribution in [0.2, 0.25) is 0 Å². The van der Waals surface area contributed by atoms with E-state index < -0.39 is 0 Å². The smallest absolute Gasteiger partial charge is 0.241 e. The van der Waals surface area contributed by atoms with Crippen LogP contribution in [0.1, 0.15) is 54.0 Å². The summed E-state index contributed by atoms with van der Waals surface area (Å²) in [6.07, 6.45) is 1.67. The maximum absolute atomic E-state index is 12.9. The maximum Gasteiger partial charge on any atom is 0.241 e. The number of rotatable bonds is 6. The molecule has 1 aromatic heterocycles. The number of carbonyl (C=O) groups is 1. The highest BCUT2D eigenvalue weighted by Gasteiger charge is 2.27. The molecule has 3 aromatic rings. The molecule has 2 aromatic carbocycles. The number of carbonyl (C=O) groups excluding carboxylic acids is 1. The zero-order valence-electron chi connectivity index (χ0n) is 19.4. The molecule has 1 saturated heterocycles. The van der Waals surface area contributed by atoms with Gasteiger partial charge >= 0.3 is 0 Å². The molecule has 32 heavy (non-hydrogen) atoms. The second-order valence-electron chi connectivity index (χ2n) is 8.97. The van der Waals surface area contributed by atoms with Gasteiger partial charge in [-0.05, 0) is 70.3 Å². The Balaban J connectivity index is 1.29. The molecule has 0 spiro atoms. The van der Waals surface area contributed by atoms with Gasteiger partial charge in [0.05, 0.1) is 12.6 Å². The van der Waals surface area contributed by atoms with Gasteiger partial charge in [0.15, 0.2) is 0 Å². The highest BCUT2D eigenvalue weighted by Crippen LogP contribution is 2.24. The highest BCUT2D eigenvalue weighted by molar-refractivity contribution is 5.79. The standard InChI is InChI=1S/C26H32N4O2/c1-17-9-10-19(3)23(15-17)20(4)27-26(31)21-11-13-30(14-12-21)16-24-28-25(29-32-24)22-8-6-5-7-18(22)2/h5-10,15,20-21H,11-14,16H2,1-4H3,(H,27,31). The number of aryl methyl sites for hydroxylation is 3. The van der Waals surface area contributed by atoms with Gasteiger partial charge in [-0.3, -0.25) is 9.69 Å². The first kappa shape index (κ1) is 22.2. The Bertz CT molecular complexity index is 1080. The molecule has 0 radical (unpaired) electrons. The van der Waals surface area contributed by atoms with E-state index in [1.807, 2.05) is 31.2 Å². The van der Waals surface area contributed by atoms with Crippen LogP contribution in [0.25, 0.3) is 11.4 Å². The van der Waals surface area contributed by atoms with Crippen LogP contribution in [0.15, 0.2) is 47.0 Å². The number of amides is 1. The third kappa shape index (κ3) is 5.07. The lowest BCUT2D eigenvalue weighted by atomic mass is 9.94. The summed E-state index contributed by atoms with van der Waals surface area (Å²) in [7, 11) is 0. The summed E-state index contributed by atoms with van der Waals surface area (Å²) in [5.74, 6) is 1.45. The van der Waals surface area contributed by atoms with E-state index in [0.29, 0.717) is 18.3 Å². The average Bonchev–Trinajstić information content (AvgIpc) is 3.24. The predicted octanol–water partition coefficient (Wildman–Crippen LogP) is 4.75. The summed E-state index contributed by atoms with van der Waals surface area (Å²) in [6.45, 7) is 10.6. The fourth-order valence-corrected chi connectivity index (χ4v) is 4.43. The number of aromatic nitrogens is 2. The van der Waals surface area contributed by atoms with E-state index in [9.17, 15) is 4.79 Å². The van der Waals surface area contributed by atoms with Gasteiger partial charge in [-0.1, -0.05) is 53.2 Å². The molecule has 0 saturated carbocycles. The third-order valence-corrected chi connectivity index (χ3v) is 6.43. The fraction of sp³-hybridized carbons (Fsp3) is 0.423. The molecule has 6 heteroatoms. The van der Waals surface area contributed by atoms with Crippen molar-refractivity contribution in [1.82, 2.24) is 20.4 Å². The monoisotopic (exact) mass is 432 g/mol. The van der Waals surface area contributed by atoms with E-state index in [-0.39, 0.29) is 17.9 Å². The molecular weight excluding hydrogens is 400 g/mol.